The zero-order valence-electron chi connectivity index (χ0n) is 10.6. The summed E-state index contributed by atoms with van der Waals surface area (Å²) in [5.74, 6) is 1.77. The van der Waals surface area contributed by atoms with Crippen molar-refractivity contribution in [2.45, 2.75) is 23.9 Å². The lowest BCUT2D eigenvalue weighted by Gasteiger charge is -2.06. The van der Waals surface area contributed by atoms with Crippen molar-refractivity contribution in [2.75, 3.05) is 0 Å². The first kappa shape index (κ1) is 13.8. The van der Waals surface area contributed by atoms with E-state index in [1.54, 1.807) is 11.8 Å². The zero-order valence-corrected chi connectivity index (χ0v) is 12.3. The van der Waals surface area contributed by atoms with Crippen LogP contribution in [0.4, 0.5) is 0 Å². The van der Waals surface area contributed by atoms with E-state index in [2.05, 4.69) is 14.5 Å². The summed E-state index contributed by atoms with van der Waals surface area (Å²) in [7, 11) is 0. The number of amidine groups is 1. The molecule has 3 N–H and O–H groups in total. The van der Waals surface area contributed by atoms with Crippen LogP contribution in [-0.4, -0.2) is 20.4 Å². The minimum atomic E-state index is 0.127. The van der Waals surface area contributed by atoms with Gasteiger partial charge in [-0.05, 0) is 42.6 Å². The maximum Gasteiger partial charge on any atom is 0.170 e. The van der Waals surface area contributed by atoms with Crippen LogP contribution in [-0.2, 0) is 5.75 Å². The van der Waals surface area contributed by atoms with Crippen molar-refractivity contribution in [2.24, 2.45) is 10.9 Å². The van der Waals surface area contributed by atoms with Crippen LogP contribution in [0, 0.1) is 13.8 Å². The molecule has 100 valence electrons. The number of hydrogen-bond acceptors (Lipinski definition) is 6. The topological polar surface area (TPSA) is 84.4 Å². The first-order valence-corrected chi connectivity index (χ1v) is 7.36. The first-order chi connectivity index (χ1) is 9.10. The van der Waals surface area contributed by atoms with Crippen LogP contribution in [0.2, 0.25) is 0 Å². The number of rotatable bonds is 4. The van der Waals surface area contributed by atoms with E-state index in [0.29, 0.717) is 0 Å². The van der Waals surface area contributed by atoms with Crippen molar-refractivity contribution in [3.05, 3.63) is 40.7 Å². The van der Waals surface area contributed by atoms with Crippen LogP contribution in [0.5, 0.6) is 0 Å². The Balaban J connectivity index is 2.09. The standard InChI is InChI=1S/C12H14N4OS2/c1-7-5-9(11(13)15-17)3-4-10(7)6-18-12-14-8(2)16-19-12/h3-5,17H,6H2,1-2H3,(H2,13,15). The molecule has 0 amide bonds. The Morgan fingerprint density at radius 2 is 2.26 bits per heavy atom. The van der Waals surface area contributed by atoms with Gasteiger partial charge in [0.1, 0.15) is 5.82 Å². The summed E-state index contributed by atoms with van der Waals surface area (Å²) in [5.41, 5.74) is 8.59. The monoisotopic (exact) mass is 294 g/mol. The van der Waals surface area contributed by atoms with Gasteiger partial charge in [0.15, 0.2) is 10.2 Å². The van der Waals surface area contributed by atoms with Gasteiger partial charge in [-0.15, -0.1) is 0 Å². The molecular formula is C12H14N4OS2. The molecule has 1 aromatic heterocycles. The molecule has 2 aromatic rings. The van der Waals surface area contributed by atoms with Gasteiger partial charge < -0.3 is 10.9 Å². The molecular weight excluding hydrogens is 280 g/mol. The van der Waals surface area contributed by atoms with Crippen LogP contribution in [0.3, 0.4) is 0 Å². The van der Waals surface area contributed by atoms with Gasteiger partial charge in [-0.3, -0.25) is 0 Å². The molecule has 0 aliphatic heterocycles. The maximum atomic E-state index is 8.65. The highest BCUT2D eigenvalue weighted by atomic mass is 32.2. The Bertz CT molecular complexity index is 610. The fourth-order valence-corrected chi connectivity index (χ4v) is 3.27. The average molecular weight is 294 g/mol. The van der Waals surface area contributed by atoms with Gasteiger partial charge >= 0.3 is 0 Å². The van der Waals surface area contributed by atoms with Crippen molar-refractivity contribution in [1.82, 2.24) is 9.36 Å². The number of aryl methyl sites for hydroxylation is 2. The quantitative estimate of drug-likeness (QED) is 0.298. The second-order valence-electron chi connectivity index (χ2n) is 4.02. The predicted molar refractivity (Wildman–Crippen MR) is 77.9 cm³/mol. The largest absolute Gasteiger partial charge is 0.409 e. The normalized spacial score (nSPS) is 11.8. The summed E-state index contributed by atoms with van der Waals surface area (Å²) >= 11 is 3.08. The lowest BCUT2D eigenvalue weighted by Crippen LogP contribution is -2.13. The van der Waals surface area contributed by atoms with E-state index in [0.717, 1.165) is 27.0 Å². The minimum absolute atomic E-state index is 0.127. The van der Waals surface area contributed by atoms with Gasteiger partial charge in [-0.2, -0.15) is 4.37 Å². The molecule has 1 heterocycles. The lowest BCUT2D eigenvalue weighted by molar-refractivity contribution is 0.318. The number of benzene rings is 1. The third kappa shape index (κ3) is 3.45. The molecule has 0 aliphatic carbocycles. The van der Waals surface area contributed by atoms with E-state index in [1.807, 2.05) is 32.0 Å². The molecule has 0 radical (unpaired) electrons. The lowest BCUT2D eigenvalue weighted by atomic mass is 10.1. The van der Waals surface area contributed by atoms with E-state index >= 15 is 0 Å². The Labute approximate surface area is 119 Å². The highest BCUT2D eigenvalue weighted by Crippen LogP contribution is 2.26. The Kier molecular flexibility index (Phi) is 4.39. The van der Waals surface area contributed by atoms with E-state index in [1.165, 1.54) is 17.1 Å². The summed E-state index contributed by atoms with van der Waals surface area (Å²) in [4.78, 5) is 4.31. The summed E-state index contributed by atoms with van der Waals surface area (Å²) in [5, 5.41) is 11.6. The van der Waals surface area contributed by atoms with Crippen LogP contribution in [0.15, 0.2) is 27.7 Å². The van der Waals surface area contributed by atoms with Crippen molar-refractivity contribution >= 4 is 29.1 Å². The number of aromatic nitrogens is 2. The third-order valence-corrected chi connectivity index (χ3v) is 4.58. The fraction of sp³-hybridized carbons (Fsp3) is 0.250. The van der Waals surface area contributed by atoms with E-state index < -0.39 is 0 Å². The highest BCUT2D eigenvalue weighted by molar-refractivity contribution is 8.00. The molecule has 0 saturated carbocycles. The number of nitrogens with two attached hydrogens (primary N) is 1. The van der Waals surface area contributed by atoms with Crippen LogP contribution < -0.4 is 5.73 Å². The van der Waals surface area contributed by atoms with Gasteiger partial charge in [0.05, 0.1) is 0 Å². The predicted octanol–water partition coefficient (Wildman–Crippen LogP) is 2.54. The van der Waals surface area contributed by atoms with Crippen molar-refractivity contribution in [3.63, 3.8) is 0 Å². The van der Waals surface area contributed by atoms with Gasteiger partial charge in [-0.1, -0.05) is 29.1 Å². The summed E-state index contributed by atoms with van der Waals surface area (Å²) in [6.07, 6.45) is 0. The van der Waals surface area contributed by atoms with Crippen LogP contribution in [0.1, 0.15) is 22.5 Å². The summed E-state index contributed by atoms with van der Waals surface area (Å²) in [6, 6.07) is 5.75. The SMILES string of the molecule is Cc1nsc(SCc2ccc(/C(N)=N/O)cc2C)n1. The zero-order chi connectivity index (χ0) is 13.8. The Morgan fingerprint density at radius 3 is 2.84 bits per heavy atom. The minimum Gasteiger partial charge on any atom is -0.409 e. The maximum absolute atomic E-state index is 8.65. The first-order valence-electron chi connectivity index (χ1n) is 5.60. The van der Waals surface area contributed by atoms with E-state index in [4.69, 9.17) is 10.9 Å². The Morgan fingerprint density at radius 1 is 1.47 bits per heavy atom. The molecule has 5 nitrogen and oxygen atoms in total. The van der Waals surface area contributed by atoms with Crippen molar-refractivity contribution in [3.8, 4) is 0 Å². The average Bonchev–Trinajstić information content (AvgIpc) is 2.82. The molecule has 7 heteroatoms. The summed E-state index contributed by atoms with van der Waals surface area (Å²) < 4.78 is 5.12. The van der Waals surface area contributed by atoms with Gasteiger partial charge in [0, 0.05) is 11.3 Å². The molecule has 0 spiro atoms. The number of thioether (sulfide) groups is 1. The van der Waals surface area contributed by atoms with Gasteiger partial charge in [-0.25, -0.2) is 4.98 Å². The molecule has 0 aliphatic rings. The molecule has 0 bridgehead atoms. The van der Waals surface area contributed by atoms with Crippen molar-refractivity contribution in [1.29, 1.82) is 0 Å². The highest BCUT2D eigenvalue weighted by Gasteiger charge is 2.06. The Hall–Kier alpha value is -1.60. The number of hydrogen-bond donors (Lipinski definition) is 2. The summed E-state index contributed by atoms with van der Waals surface area (Å²) in [6.45, 7) is 3.90. The van der Waals surface area contributed by atoms with Crippen molar-refractivity contribution < 1.29 is 5.21 Å². The second kappa shape index (κ2) is 6.03. The number of oxime groups is 1. The smallest absolute Gasteiger partial charge is 0.170 e. The third-order valence-electron chi connectivity index (χ3n) is 2.61. The molecule has 0 unspecified atom stereocenters. The molecule has 0 atom stereocenters. The fourth-order valence-electron chi connectivity index (χ4n) is 1.55. The molecule has 0 saturated heterocycles. The second-order valence-corrected chi connectivity index (χ2v) is 6.00. The molecule has 1 aromatic carbocycles. The van der Waals surface area contributed by atoms with Gasteiger partial charge in [0.2, 0.25) is 0 Å². The van der Waals surface area contributed by atoms with Gasteiger partial charge in [0.25, 0.3) is 0 Å². The number of nitrogens with zero attached hydrogens (tertiary/aromatic N) is 3. The van der Waals surface area contributed by atoms with E-state index in [-0.39, 0.29) is 5.84 Å². The van der Waals surface area contributed by atoms with Crippen LogP contribution in [0.25, 0.3) is 0 Å². The van der Waals surface area contributed by atoms with E-state index in [9.17, 15) is 0 Å². The molecule has 19 heavy (non-hydrogen) atoms. The van der Waals surface area contributed by atoms with Crippen LogP contribution >= 0.6 is 23.3 Å². The molecule has 2 rings (SSSR count). The molecule has 0 fully saturated rings.